The van der Waals surface area contributed by atoms with Gasteiger partial charge >= 0.3 is 0 Å². The predicted octanol–water partition coefficient (Wildman–Crippen LogP) is 3.63. The van der Waals surface area contributed by atoms with E-state index in [0.717, 1.165) is 42.5 Å². The van der Waals surface area contributed by atoms with Crippen LogP contribution in [0.2, 0.25) is 0 Å². The summed E-state index contributed by atoms with van der Waals surface area (Å²) in [4.78, 5) is 12.3. The maximum atomic E-state index is 12.3. The molecule has 0 aromatic carbocycles. The van der Waals surface area contributed by atoms with Gasteiger partial charge in [0, 0.05) is 11.1 Å². The molecule has 0 aliphatic rings. The number of nitrogens with zero attached hydrogens (tertiary/aromatic N) is 1. The number of aromatic nitrogens is 1. The highest BCUT2D eigenvalue weighted by Crippen LogP contribution is 2.14. The third kappa shape index (κ3) is 5.16. The van der Waals surface area contributed by atoms with E-state index in [-0.39, 0.29) is 5.43 Å². The van der Waals surface area contributed by atoms with Gasteiger partial charge in [-0.15, -0.1) is 0 Å². The maximum Gasteiger partial charge on any atom is 0.188 e. The Labute approximate surface area is 134 Å². The molecule has 1 aromatic heterocycles. The monoisotopic (exact) mass is 308 g/mol. The molecule has 1 aromatic rings. The van der Waals surface area contributed by atoms with E-state index in [1.807, 2.05) is 6.92 Å². The first-order chi connectivity index (χ1) is 10.5. The Morgan fingerprint density at radius 2 is 1.36 bits per heavy atom. The van der Waals surface area contributed by atoms with Crippen molar-refractivity contribution in [2.24, 2.45) is 5.73 Å². The van der Waals surface area contributed by atoms with Gasteiger partial charge in [0.1, 0.15) is 0 Å². The van der Waals surface area contributed by atoms with Crippen LogP contribution in [0.15, 0.2) is 4.79 Å². The van der Waals surface area contributed by atoms with E-state index in [9.17, 15) is 10.0 Å². The summed E-state index contributed by atoms with van der Waals surface area (Å²) >= 11 is 0. The van der Waals surface area contributed by atoms with Gasteiger partial charge < -0.3 is 10.9 Å². The third-order valence-electron chi connectivity index (χ3n) is 4.61. The molecule has 0 atom stereocenters. The molecule has 4 heteroatoms. The molecule has 126 valence electrons. The number of unbranched alkanes of at least 4 members (excludes halogenated alkanes) is 7. The van der Waals surface area contributed by atoms with Gasteiger partial charge in [-0.1, -0.05) is 38.5 Å². The van der Waals surface area contributed by atoms with Crippen molar-refractivity contribution >= 4 is 0 Å². The van der Waals surface area contributed by atoms with Gasteiger partial charge in [0.25, 0.3) is 0 Å². The van der Waals surface area contributed by atoms with Crippen LogP contribution in [0.3, 0.4) is 0 Å². The van der Waals surface area contributed by atoms with Crippen molar-refractivity contribution in [1.82, 2.24) is 4.73 Å². The minimum atomic E-state index is 0.0992. The molecule has 0 fully saturated rings. The van der Waals surface area contributed by atoms with Crippen molar-refractivity contribution in [2.45, 2.75) is 78.6 Å². The molecule has 0 spiro atoms. The zero-order valence-corrected chi connectivity index (χ0v) is 14.5. The number of nitrogens with two attached hydrogens (primary N) is 1. The average molecular weight is 308 g/mol. The minimum absolute atomic E-state index is 0.0992. The summed E-state index contributed by atoms with van der Waals surface area (Å²) in [6.07, 6.45) is 10.4. The van der Waals surface area contributed by atoms with E-state index in [2.05, 4.69) is 0 Å². The van der Waals surface area contributed by atoms with Crippen molar-refractivity contribution in [3.63, 3.8) is 0 Å². The van der Waals surface area contributed by atoms with E-state index >= 15 is 0 Å². The fourth-order valence-corrected chi connectivity index (χ4v) is 2.89. The fraction of sp³-hybridized carbons (Fsp3) is 0.722. The van der Waals surface area contributed by atoms with E-state index in [1.54, 1.807) is 13.8 Å². The highest BCUT2D eigenvalue weighted by molar-refractivity contribution is 5.29. The quantitative estimate of drug-likeness (QED) is 0.512. The molecular formula is C18H32N2O2. The van der Waals surface area contributed by atoms with Crippen LogP contribution >= 0.6 is 0 Å². The van der Waals surface area contributed by atoms with Crippen LogP contribution in [0.1, 0.15) is 73.9 Å². The van der Waals surface area contributed by atoms with Gasteiger partial charge in [-0.25, -0.2) is 0 Å². The standard InChI is InChI=1S/C18H32N2O2/c1-14-15(2)20(22)16(3)17(18(14)21)12-10-8-6-4-5-7-9-11-13-19/h22H,4-13,19H2,1-3H3. The lowest BCUT2D eigenvalue weighted by molar-refractivity contribution is 0.169. The van der Waals surface area contributed by atoms with Crippen molar-refractivity contribution in [1.29, 1.82) is 0 Å². The largest absolute Gasteiger partial charge is 0.428 e. The number of hydrogen-bond donors (Lipinski definition) is 2. The predicted molar refractivity (Wildman–Crippen MR) is 91.8 cm³/mol. The Morgan fingerprint density at radius 3 is 1.91 bits per heavy atom. The van der Waals surface area contributed by atoms with Gasteiger partial charge in [0.2, 0.25) is 0 Å². The second kappa shape index (κ2) is 9.67. The smallest absolute Gasteiger partial charge is 0.188 e. The van der Waals surface area contributed by atoms with Crippen LogP contribution in [0, 0.1) is 20.8 Å². The topological polar surface area (TPSA) is 68.2 Å². The highest BCUT2D eigenvalue weighted by atomic mass is 16.5. The number of rotatable bonds is 10. The Hall–Kier alpha value is -1.29. The molecule has 0 unspecified atom stereocenters. The molecule has 22 heavy (non-hydrogen) atoms. The van der Waals surface area contributed by atoms with Crippen LogP contribution in [-0.2, 0) is 6.42 Å². The first kappa shape index (κ1) is 18.8. The van der Waals surface area contributed by atoms with Crippen molar-refractivity contribution in [2.75, 3.05) is 6.54 Å². The molecule has 0 bridgehead atoms. The highest BCUT2D eigenvalue weighted by Gasteiger charge is 2.13. The molecule has 1 heterocycles. The third-order valence-corrected chi connectivity index (χ3v) is 4.61. The van der Waals surface area contributed by atoms with Crippen LogP contribution in [0.5, 0.6) is 0 Å². The van der Waals surface area contributed by atoms with Crippen LogP contribution < -0.4 is 11.2 Å². The first-order valence-corrected chi connectivity index (χ1v) is 8.61. The van der Waals surface area contributed by atoms with Crippen LogP contribution in [0.4, 0.5) is 0 Å². The second-order valence-electron chi connectivity index (χ2n) is 6.28. The van der Waals surface area contributed by atoms with Crippen molar-refractivity contribution < 1.29 is 5.21 Å². The molecule has 0 saturated carbocycles. The molecular weight excluding hydrogens is 276 g/mol. The average Bonchev–Trinajstić information content (AvgIpc) is 2.52. The Morgan fingerprint density at radius 1 is 0.864 bits per heavy atom. The zero-order chi connectivity index (χ0) is 16.5. The molecule has 0 amide bonds. The van der Waals surface area contributed by atoms with E-state index < -0.39 is 0 Å². The molecule has 0 radical (unpaired) electrons. The van der Waals surface area contributed by atoms with Crippen molar-refractivity contribution in [3.8, 4) is 0 Å². The molecule has 0 saturated heterocycles. The Balaban J connectivity index is 2.36. The first-order valence-electron chi connectivity index (χ1n) is 8.61. The number of hydrogen-bond acceptors (Lipinski definition) is 3. The summed E-state index contributed by atoms with van der Waals surface area (Å²) in [5.41, 5.74) is 8.33. The summed E-state index contributed by atoms with van der Waals surface area (Å²) in [5, 5.41) is 10.0. The molecule has 3 N–H and O–H groups in total. The Bertz CT molecular complexity index is 521. The zero-order valence-electron chi connectivity index (χ0n) is 14.5. The maximum absolute atomic E-state index is 12.3. The van der Waals surface area contributed by atoms with Gasteiger partial charge in [-0.2, -0.15) is 4.73 Å². The molecule has 1 rings (SSSR count). The van der Waals surface area contributed by atoms with Crippen molar-refractivity contribution in [3.05, 3.63) is 32.7 Å². The van der Waals surface area contributed by atoms with E-state index in [0.29, 0.717) is 17.0 Å². The van der Waals surface area contributed by atoms with Gasteiger partial charge in [-0.05, 0) is 46.6 Å². The Kier molecular flexibility index (Phi) is 8.25. The minimum Gasteiger partial charge on any atom is -0.428 e. The summed E-state index contributed by atoms with van der Waals surface area (Å²) in [6.45, 7) is 6.19. The molecule has 4 nitrogen and oxygen atoms in total. The summed E-state index contributed by atoms with van der Waals surface area (Å²) < 4.78 is 1.16. The normalized spacial score (nSPS) is 11.1. The second-order valence-corrected chi connectivity index (χ2v) is 6.28. The van der Waals surface area contributed by atoms with Gasteiger partial charge in [-0.3, -0.25) is 4.79 Å². The fourth-order valence-electron chi connectivity index (χ4n) is 2.89. The molecule has 0 aliphatic carbocycles. The summed E-state index contributed by atoms with van der Waals surface area (Å²) in [7, 11) is 0. The lowest BCUT2D eigenvalue weighted by Gasteiger charge is -2.14. The molecule has 0 aliphatic heterocycles. The van der Waals surface area contributed by atoms with Crippen LogP contribution in [0.25, 0.3) is 0 Å². The lowest BCUT2D eigenvalue weighted by atomic mass is 10.0. The van der Waals surface area contributed by atoms with Gasteiger partial charge in [0.15, 0.2) is 5.43 Å². The van der Waals surface area contributed by atoms with Crippen LogP contribution in [-0.4, -0.2) is 16.5 Å². The number of pyridine rings is 1. The van der Waals surface area contributed by atoms with E-state index in [4.69, 9.17) is 5.73 Å². The van der Waals surface area contributed by atoms with Gasteiger partial charge in [0.05, 0.1) is 11.4 Å². The summed E-state index contributed by atoms with van der Waals surface area (Å²) in [6, 6.07) is 0. The SMILES string of the molecule is Cc1c(C)n(O)c(C)c(CCCCCCCCCCN)c1=O. The lowest BCUT2D eigenvalue weighted by Crippen LogP contribution is -2.22. The van der Waals surface area contributed by atoms with E-state index in [1.165, 1.54) is 32.1 Å². The summed E-state index contributed by atoms with van der Waals surface area (Å²) in [5.74, 6) is 0.